The lowest BCUT2D eigenvalue weighted by Crippen LogP contribution is -2.20. The minimum absolute atomic E-state index is 0.116. The quantitative estimate of drug-likeness (QED) is 0.424. The van der Waals surface area contributed by atoms with Crippen LogP contribution in [0.4, 0.5) is 13.2 Å². The number of aromatic amines is 1. The number of H-pyrrole nitrogens is 1. The third-order valence-corrected chi connectivity index (χ3v) is 3.76. The third kappa shape index (κ3) is 2.73. The fourth-order valence-corrected chi connectivity index (χ4v) is 2.54. The SMILES string of the molecule is CNC(=O)c1c(Oc2ccc(F)c(C(=N)N)c2)c(F)c(F)c2[nH]ccc12. The van der Waals surface area contributed by atoms with E-state index in [9.17, 15) is 18.0 Å². The number of nitrogens with one attached hydrogen (secondary N) is 3. The van der Waals surface area contributed by atoms with Crippen LogP contribution in [0.3, 0.4) is 0 Å². The van der Waals surface area contributed by atoms with Crippen molar-refractivity contribution in [2.75, 3.05) is 7.05 Å². The number of nitrogens with two attached hydrogens (primary N) is 1. The van der Waals surface area contributed by atoms with Crippen molar-refractivity contribution in [3.05, 3.63) is 59.0 Å². The predicted octanol–water partition coefficient (Wildman–Crippen LogP) is 3.02. The highest BCUT2D eigenvalue weighted by Crippen LogP contribution is 2.36. The first-order valence-corrected chi connectivity index (χ1v) is 7.37. The van der Waals surface area contributed by atoms with E-state index in [0.29, 0.717) is 0 Å². The number of carbonyl (C=O) groups excluding carboxylic acids is 1. The zero-order chi connectivity index (χ0) is 19.0. The van der Waals surface area contributed by atoms with Gasteiger partial charge in [-0.1, -0.05) is 0 Å². The van der Waals surface area contributed by atoms with Crippen LogP contribution in [0.1, 0.15) is 15.9 Å². The zero-order valence-electron chi connectivity index (χ0n) is 13.4. The summed E-state index contributed by atoms with van der Waals surface area (Å²) >= 11 is 0. The summed E-state index contributed by atoms with van der Waals surface area (Å²) in [4.78, 5) is 14.7. The maximum atomic E-state index is 14.5. The molecule has 0 unspecified atom stereocenters. The molecule has 26 heavy (non-hydrogen) atoms. The van der Waals surface area contributed by atoms with Crippen LogP contribution in [0.5, 0.6) is 11.5 Å². The van der Waals surface area contributed by atoms with Crippen molar-refractivity contribution in [1.29, 1.82) is 5.41 Å². The summed E-state index contributed by atoms with van der Waals surface area (Å²) in [5.41, 5.74) is 4.60. The molecule has 0 saturated carbocycles. The lowest BCUT2D eigenvalue weighted by molar-refractivity contribution is 0.0961. The first-order valence-electron chi connectivity index (χ1n) is 7.37. The second-order valence-corrected chi connectivity index (χ2v) is 5.33. The number of halogens is 3. The number of carbonyl (C=O) groups is 1. The van der Waals surface area contributed by atoms with E-state index in [1.165, 1.54) is 19.3 Å². The third-order valence-electron chi connectivity index (χ3n) is 3.76. The van der Waals surface area contributed by atoms with Gasteiger partial charge in [0.2, 0.25) is 5.82 Å². The molecule has 0 spiro atoms. The summed E-state index contributed by atoms with van der Waals surface area (Å²) in [6.07, 6.45) is 1.36. The smallest absolute Gasteiger partial charge is 0.255 e. The van der Waals surface area contributed by atoms with Crippen LogP contribution in [0.2, 0.25) is 0 Å². The van der Waals surface area contributed by atoms with Gasteiger partial charge < -0.3 is 20.8 Å². The van der Waals surface area contributed by atoms with Crippen LogP contribution in [0.25, 0.3) is 10.9 Å². The van der Waals surface area contributed by atoms with Crippen molar-refractivity contribution in [3.63, 3.8) is 0 Å². The molecule has 0 bridgehead atoms. The van der Waals surface area contributed by atoms with Crippen LogP contribution in [0, 0.1) is 22.9 Å². The van der Waals surface area contributed by atoms with E-state index in [1.807, 2.05) is 0 Å². The van der Waals surface area contributed by atoms with Gasteiger partial charge in [-0.25, -0.2) is 8.78 Å². The minimum atomic E-state index is -1.38. The van der Waals surface area contributed by atoms with E-state index >= 15 is 0 Å². The molecule has 9 heteroatoms. The molecule has 1 amide bonds. The van der Waals surface area contributed by atoms with Crippen molar-refractivity contribution < 1.29 is 22.7 Å². The van der Waals surface area contributed by atoms with Crippen LogP contribution < -0.4 is 15.8 Å². The molecule has 6 nitrogen and oxygen atoms in total. The van der Waals surface area contributed by atoms with Gasteiger partial charge in [-0.15, -0.1) is 0 Å². The summed E-state index contributed by atoms with van der Waals surface area (Å²) in [5, 5.41) is 9.79. The Morgan fingerprint density at radius 1 is 1.23 bits per heavy atom. The van der Waals surface area contributed by atoms with Gasteiger partial charge in [0.25, 0.3) is 5.91 Å². The molecule has 0 saturated heterocycles. The van der Waals surface area contributed by atoms with Gasteiger partial charge in [0.05, 0.1) is 16.6 Å². The van der Waals surface area contributed by atoms with E-state index in [0.717, 1.165) is 18.2 Å². The standard InChI is InChI=1S/C17H13F3N4O2/c1-23-17(25)11-8-4-5-24-14(8)12(19)13(20)15(11)26-7-2-3-10(18)9(6-7)16(21)22/h2-6,24H,1H3,(H3,21,22)(H,23,25). The van der Waals surface area contributed by atoms with E-state index < -0.39 is 34.9 Å². The van der Waals surface area contributed by atoms with E-state index in [4.69, 9.17) is 15.9 Å². The van der Waals surface area contributed by atoms with Crippen molar-refractivity contribution in [2.45, 2.75) is 0 Å². The molecule has 2 aromatic carbocycles. The highest BCUT2D eigenvalue weighted by atomic mass is 19.2. The van der Waals surface area contributed by atoms with Crippen molar-refractivity contribution in [3.8, 4) is 11.5 Å². The van der Waals surface area contributed by atoms with E-state index in [2.05, 4.69) is 10.3 Å². The fraction of sp³-hybridized carbons (Fsp3) is 0.0588. The van der Waals surface area contributed by atoms with E-state index in [-0.39, 0.29) is 27.8 Å². The number of aromatic nitrogens is 1. The molecule has 3 aromatic rings. The summed E-state index contributed by atoms with van der Waals surface area (Å²) in [7, 11) is 1.33. The Balaban J connectivity index is 2.22. The highest BCUT2D eigenvalue weighted by Gasteiger charge is 2.26. The van der Waals surface area contributed by atoms with Crippen LogP contribution >= 0.6 is 0 Å². The predicted molar refractivity (Wildman–Crippen MR) is 89.1 cm³/mol. The number of ether oxygens (including phenoxy) is 1. The molecular weight excluding hydrogens is 349 g/mol. The Kier molecular flexibility index (Phi) is 4.29. The molecular formula is C17H13F3N4O2. The first kappa shape index (κ1) is 17.3. The van der Waals surface area contributed by atoms with Gasteiger partial charge in [-0.05, 0) is 24.3 Å². The Labute approximate surface area is 145 Å². The Hall–Kier alpha value is -3.49. The average molecular weight is 362 g/mol. The molecule has 0 aliphatic rings. The van der Waals surface area contributed by atoms with Gasteiger partial charge >= 0.3 is 0 Å². The van der Waals surface area contributed by atoms with Crippen molar-refractivity contribution in [1.82, 2.24) is 10.3 Å². The topological polar surface area (TPSA) is 104 Å². The maximum Gasteiger partial charge on any atom is 0.255 e. The first-order chi connectivity index (χ1) is 12.3. The number of amides is 1. The largest absolute Gasteiger partial charge is 0.453 e. The van der Waals surface area contributed by atoms with Crippen LogP contribution in [-0.2, 0) is 0 Å². The Morgan fingerprint density at radius 2 is 1.96 bits per heavy atom. The maximum absolute atomic E-state index is 14.5. The van der Waals surface area contributed by atoms with Crippen molar-refractivity contribution in [2.24, 2.45) is 5.73 Å². The highest BCUT2D eigenvalue weighted by molar-refractivity contribution is 6.09. The molecule has 0 atom stereocenters. The Bertz CT molecular complexity index is 1050. The Morgan fingerprint density at radius 3 is 2.62 bits per heavy atom. The van der Waals surface area contributed by atoms with E-state index in [1.54, 1.807) is 0 Å². The number of hydrogen-bond acceptors (Lipinski definition) is 3. The molecule has 5 N–H and O–H groups in total. The van der Waals surface area contributed by atoms with Crippen LogP contribution in [0.15, 0.2) is 30.5 Å². The molecule has 0 radical (unpaired) electrons. The fourth-order valence-electron chi connectivity index (χ4n) is 2.54. The molecule has 0 aliphatic heterocycles. The van der Waals surface area contributed by atoms with Gasteiger partial charge in [0.1, 0.15) is 17.4 Å². The van der Waals surface area contributed by atoms with Crippen LogP contribution in [-0.4, -0.2) is 23.8 Å². The summed E-state index contributed by atoms with van der Waals surface area (Å²) in [6.45, 7) is 0. The molecule has 1 aromatic heterocycles. The average Bonchev–Trinajstić information content (AvgIpc) is 3.09. The number of fused-ring (bicyclic) bond motifs is 1. The second kappa shape index (κ2) is 6.43. The molecule has 3 rings (SSSR count). The van der Waals surface area contributed by atoms with Gasteiger partial charge in [-0.3, -0.25) is 10.2 Å². The van der Waals surface area contributed by atoms with Gasteiger partial charge in [0, 0.05) is 18.6 Å². The van der Waals surface area contributed by atoms with Gasteiger partial charge in [0.15, 0.2) is 11.6 Å². The molecule has 0 fully saturated rings. The lowest BCUT2D eigenvalue weighted by Gasteiger charge is -2.14. The monoisotopic (exact) mass is 362 g/mol. The normalized spacial score (nSPS) is 10.8. The van der Waals surface area contributed by atoms with Gasteiger partial charge in [-0.2, -0.15) is 4.39 Å². The second-order valence-electron chi connectivity index (χ2n) is 5.33. The lowest BCUT2D eigenvalue weighted by atomic mass is 10.1. The zero-order valence-corrected chi connectivity index (χ0v) is 13.4. The number of amidine groups is 1. The molecule has 134 valence electrons. The summed E-state index contributed by atoms with van der Waals surface area (Å²) in [5.74, 6) is -5.41. The number of hydrogen-bond donors (Lipinski definition) is 4. The summed E-state index contributed by atoms with van der Waals surface area (Å²) in [6, 6.07) is 4.58. The van der Waals surface area contributed by atoms with Crippen molar-refractivity contribution >= 4 is 22.6 Å². The number of nitrogen functional groups attached to an aromatic ring is 1. The number of rotatable bonds is 4. The number of benzene rings is 2. The molecule has 0 aliphatic carbocycles. The summed E-state index contributed by atoms with van der Waals surface area (Å²) < 4.78 is 47.8. The molecule has 1 heterocycles. The minimum Gasteiger partial charge on any atom is -0.453 e.